The number of anilines is 2. The lowest BCUT2D eigenvalue weighted by molar-refractivity contribution is -0.106. The standard InChI is InChI=1S/C28H37NO3.C24H33N3O.C24H31NO.C22H27NO.4H2/c30-28(25-7-2-1-3-8-25,26-20-29-16-11-23(26)12-17-29)15-10-24-6-4-5-9-27(24)32-21-22-13-18-31-19-14-22;1-25(2)21-9-5-19(6-10-21)24(28,20-7-11-22(12-8-20)26(3)4)23-17-27-15-13-18(23)14-16-27;1-16-5-7-21(13-18(16)3)24(26,22-8-6-17(2)19(4)14-22)23-15-25-11-9-20(23)10-12-25;1-17-7-5-6-10-20(17)22(24,15-18-8-3-2-4-9-18)21-16-23-13-11-19(21)12-14-23;;;;/h1-9,22-23,26,30H,10-21H2;5-12,18,23,28H,13-17H2,1-4H3;5-8,13-14,20,23,26H,9-12,15H2,1-4H3;2-10,19,21,24H,11-16H2,1H3;4*1H. The molecule has 13 heterocycles. The highest BCUT2D eigenvalue weighted by Crippen LogP contribution is 2.52. The molecular formula is C98H136N6O6. The summed E-state index contributed by atoms with van der Waals surface area (Å²) in [6.07, 6.45) is 14.1. The van der Waals surface area contributed by atoms with E-state index in [-0.39, 0.29) is 17.5 Å². The van der Waals surface area contributed by atoms with E-state index in [1.165, 1.54) is 143 Å². The predicted octanol–water partition coefficient (Wildman–Crippen LogP) is 17.3. The number of hydrogen-bond acceptors (Lipinski definition) is 12. The monoisotopic (exact) mass is 1490 g/mol. The molecule has 13 aliphatic heterocycles. The number of benzene rings is 8. The average molecular weight is 1490 g/mol. The van der Waals surface area contributed by atoms with E-state index < -0.39 is 22.4 Å². The Morgan fingerprint density at radius 1 is 0.391 bits per heavy atom. The Labute approximate surface area is 665 Å². The first-order chi connectivity index (χ1) is 53.2. The van der Waals surface area contributed by atoms with Crippen LogP contribution in [0.15, 0.2) is 194 Å². The van der Waals surface area contributed by atoms with Crippen molar-refractivity contribution < 1.29 is 35.6 Å². The topological polar surface area (TPSA) is 119 Å². The lowest BCUT2D eigenvalue weighted by Gasteiger charge is -2.51. The van der Waals surface area contributed by atoms with Crippen molar-refractivity contribution in [3.8, 4) is 5.75 Å². The fraction of sp³-hybridized carbons (Fsp3) is 0.510. The molecule has 21 rings (SSSR count). The van der Waals surface area contributed by atoms with Crippen molar-refractivity contribution in [2.45, 2.75) is 140 Å². The lowest BCUT2D eigenvalue weighted by atomic mass is 9.65. The number of aryl methyl sites for hydroxylation is 6. The van der Waals surface area contributed by atoms with Crippen molar-refractivity contribution in [1.29, 1.82) is 0 Å². The number of rotatable bonds is 20. The summed E-state index contributed by atoms with van der Waals surface area (Å²) in [6.45, 7) is 26.7. The second-order valence-electron chi connectivity index (χ2n) is 35.2. The van der Waals surface area contributed by atoms with Crippen LogP contribution in [0, 0.1) is 87.9 Å². The van der Waals surface area contributed by atoms with Gasteiger partial charge in [0.1, 0.15) is 17.0 Å². The van der Waals surface area contributed by atoms with Gasteiger partial charge < -0.3 is 59.3 Å². The van der Waals surface area contributed by atoms with Crippen LogP contribution in [0.5, 0.6) is 5.75 Å². The summed E-state index contributed by atoms with van der Waals surface area (Å²) in [5, 5.41) is 48.9. The number of piperidine rings is 12. The first kappa shape index (κ1) is 79.4. The van der Waals surface area contributed by atoms with Crippen LogP contribution in [-0.2, 0) is 40.0 Å². The molecule has 6 unspecified atom stereocenters. The van der Waals surface area contributed by atoms with E-state index in [0.29, 0.717) is 47.8 Å². The van der Waals surface area contributed by atoms with E-state index >= 15 is 0 Å². The zero-order valence-electron chi connectivity index (χ0n) is 67.8. The number of para-hydroxylation sites is 1. The maximum absolute atomic E-state index is 12.3. The number of hydrogen-bond donors (Lipinski definition) is 4. The largest absolute Gasteiger partial charge is 0.493 e. The van der Waals surface area contributed by atoms with Crippen molar-refractivity contribution in [2.75, 3.05) is 136 Å². The highest BCUT2D eigenvalue weighted by Gasteiger charge is 2.53. The summed E-state index contributed by atoms with van der Waals surface area (Å²) in [5.74, 6) is 5.09. The van der Waals surface area contributed by atoms with Crippen LogP contribution in [-0.4, -0.2) is 167 Å². The molecule has 12 nitrogen and oxygen atoms in total. The predicted molar refractivity (Wildman–Crippen MR) is 458 cm³/mol. The molecule has 594 valence electrons. The minimum absolute atomic E-state index is 0. The van der Waals surface area contributed by atoms with Crippen LogP contribution in [0.1, 0.15) is 149 Å². The van der Waals surface area contributed by atoms with Gasteiger partial charge in [-0.25, -0.2) is 0 Å². The van der Waals surface area contributed by atoms with E-state index in [9.17, 15) is 20.4 Å². The van der Waals surface area contributed by atoms with Crippen molar-refractivity contribution in [1.82, 2.24) is 19.6 Å². The Morgan fingerprint density at radius 3 is 1.21 bits per heavy atom. The molecule has 8 aromatic carbocycles. The highest BCUT2D eigenvalue weighted by atomic mass is 16.5. The van der Waals surface area contributed by atoms with Gasteiger partial charge in [-0.05, 0) is 296 Å². The first-order valence-corrected chi connectivity index (χ1v) is 42.1. The number of aliphatic hydroxyl groups is 4. The van der Waals surface area contributed by atoms with Gasteiger partial charge in [-0.1, -0.05) is 164 Å². The SMILES string of the molecule is CN(C)c1ccc(C(O)(c2ccc(N(C)C)cc2)C2CN3CCC2CC3)cc1.Cc1ccc(C(O)(c2ccc(C)c(C)c2)C2CN3CCC2CC3)cc1C.Cc1ccccc1C(O)(Cc1ccccc1)C1CN2CCC1CC2.OC(CCc1ccccc1OCC1CCOCC1)(c1ccccc1)C1CN2CCC1CC2.[HH].[HH].[HH].[HH]. The van der Waals surface area contributed by atoms with Crippen LogP contribution in [0.2, 0.25) is 0 Å². The van der Waals surface area contributed by atoms with Gasteiger partial charge in [0.05, 0.1) is 17.8 Å². The molecule has 0 amide bonds. The maximum atomic E-state index is 12.3. The molecule has 0 saturated carbocycles. The fourth-order valence-electron chi connectivity index (χ4n) is 21.0. The van der Waals surface area contributed by atoms with Crippen LogP contribution >= 0.6 is 0 Å². The van der Waals surface area contributed by atoms with Gasteiger partial charge in [0.15, 0.2) is 0 Å². The third-order valence-corrected chi connectivity index (χ3v) is 28.2. The van der Waals surface area contributed by atoms with E-state index in [2.05, 4.69) is 274 Å². The van der Waals surface area contributed by atoms with Crippen molar-refractivity contribution >= 4 is 11.4 Å². The van der Waals surface area contributed by atoms with Gasteiger partial charge in [0, 0.05) is 115 Å². The molecule has 12 heteroatoms. The normalized spacial score (nSPS) is 26.5. The second kappa shape index (κ2) is 35.0. The van der Waals surface area contributed by atoms with Gasteiger partial charge in [-0.3, -0.25) is 0 Å². The molecule has 13 saturated heterocycles. The fourth-order valence-corrected chi connectivity index (χ4v) is 21.0. The minimum atomic E-state index is -0.959. The summed E-state index contributed by atoms with van der Waals surface area (Å²) in [5.41, 5.74) is 13.9. The van der Waals surface area contributed by atoms with E-state index in [0.717, 1.165) is 122 Å². The molecule has 8 bridgehead atoms. The Hall–Kier alpha value is -7.20. The highest BCUT2D eigenvalue weighted by molar-refractivity contribution is 5.53. The summed E-state index contributed by atoms with van der Waals surface area (Å²) in [6, 6.07) is 67.7. The third-order valence-electron chi connectivity index (χ3n) is 28.2. The van der Waals surface area contributed by atoms with Crippen molar-refractivity contribution in [2.24, 2.45) is 53.3 Å². The summed E-state index contributed by atoms with van der Waals surface area (Å²) < 4.78 is 11.8. The summed E-state index contributed by atoms with van der Waals surface area (Å²) >= 11 is 0. The second-order valence-corrected chi connectivity index (χ2v) is 35.2. The molecule has 13 aliphatic rings. The van der Waals surface area contributed by atoms with Crippen LogP contribution in [0.3, 0.4) is 0 Å². The van der Waals surface area contributed by atoms with Crippen LogP contribution < -0.4 is 14.5 Å². The Morgan fingerprint density at radius 2 is 0.782 bits per heavy atom. The summed E-state index contributed by atoms with van der Waals surface area (Å²) in [7, 11) is 8.20. The molecule has 13 fully saturated rings. The van der Waals surface area contributed by atoms with E-state index in [4.69, 9.17) is 9.47 Å². The number of fused-ring (bicyclic) bond motifs is 12. The molecule has 4 N–H and O–H groups in total. The van der Waals surface area contributed by atoms with E-state index in [1.54, 1.807) is 0 Å². The molecule has 110 heavy (non-hydrogen) atoms. The smallest absolute Gasteiger partial charge is 0.122 e. The van der Waals surface area contributed by atoms with Crippen molar-refractivity contribution in [3.05, 3.63) is 266 Å². The first-order valence-electron chi connectivity index (χ1n) is 42.1. The molecule has 0 radical (unpaired) electrons. The van der Waals surface area contributed by atoms with Gasteiger partial charge in [0.2, 0.25) is 0 Å². The molecule has 0 aliphatic carbocycles. The van der Waals surface area contributed by atoms with E-state index in [1.807, 2.05) is 12.1 Å². The zero-order valence-corrected chi connectivity index (χ0v) is 67.8. The Balaban J connectivity index is 0.000000160. The quantitative estimate of drug-likeness (QED) is 0.0582. The third kappa shape index (κ3) is 17.3. The van der Waals surface area contributed by atoms with Crippen LogP contribution in [0.4, 0.5) is 11.4 Å². The average Bonchev–Trinajstić information content (AvgIpc) is 0.747. The number of nitrogens with zero attached hydrogens (tertiary/aromatic N) is 6. The molecule has 6 atom stereocenters. The molecule has 0 spiro atoms. The zero-order chi connectivity index (χ0) is 76.7. The lowest BCUT2D eigenvalue weighted by Crippen LogP contribution is -2.56. The van der Waals surface area contributed by atoms with Crippen molar-refractivity contribution in [3.63, 3.8) is 0 Å². The Bertz CT molecular complexity index is 4170. The molecule has 8 aromatic rings. The number of ether oxygens (including phenoxy) is 2. The Kier molecular flexibility index (Phi) is 25.3. The van der Waals surface area contributed by atoms with Crippen LogP contribution in [0.25, 0.3) is 0 Å². The molecular weight excluding hydrogens is 1360 g/mol. The minimum Gasteiger partial charge on any atom is -0.493 e. The molecule has 0 aromatic heterocycles. The summed E-state index contributed by atoms with van der Waals surface area (Å²) in [4.78, 5) is 14.4. The van der Waals surface area contributed by atoms with Gasteiger partial charge >= 0.3 is 0 Å². The van der Waals surface area contributed by atoms with Gasteiger partial charge in [-0.2, -0.15) is 0 Å². The maximum Gasteiger partial charge on any atom is 0.122 e. The van der Waals surface area contributed by atoms with Gasteiger partial charge in [0.25, 0.3) is 0 Å². The van der Waals surface area contributed by atoms with Gasteiger partial charge in [-0.15, -0.1) is 0 Å².